The Morgan fingerprint density at radius 3 is 2.25 bits per heavy atom. The second kappa shape index (κ2) is 9.15. The van der Waals surface area contributed by atoms with Gasteiger partial charge in [0, 0.05) is 17.8 Å². The third-order valence-corrected chi connectivity index (χ3v) is 4.34. The molecule has 1 heteroatoms. The lowest BCUT2D eigenvalue weighted by atomic mass is 9.86. The summed E-state index contributed by atoms with van der Waals surface area (Å²) in [6.07, 6.45) is 12.1. The standard InChI is InChI=1S/C19H33N/c1-6-10-13-17-15(5)14-20-19(18(17)12-8-3)16(9-4)11-7-2/h14,16H,6-13H2,1-5H3. The molecular weight excluding hydrogens is 242 g/mol. The molecule has 0 aromatic carbocycles. The molecule has 0 aliphatic heterocycles. The van der Waals surface area contributed by atoms with E-state index in [4.69, 9.17) is 4.98 Å². The van der Waals surface area contributed by atoms with Gasteiger partial charge in [0.05, 0.1) is 0 Å². The third kappa shape index (κ3) is 4.33. The van der Waals surface area contributed by atoms with Crippen LogP contribution >= 0.6 is 0 Å². The molecule has 0 bridgehead atoms. The number of unbranched alkanes of at least 4 members (excludes halogenated alkanes) is 1. The summed E-state index contributed by atoms with van der Waals surface area (Å²) < 4.78 is 0. The minimum absolute atomic E-state index is 0.655. The maximum absolute atomic E-state index is 4.86. The van der Waals surface area contributed by atoms with Crippen molar-refractivity contribution < 1.29 is 0 Å². The molecule has 0 saturated heterocycles. The molecule has 1 aromatic heterocycles. The van der Waals surface area contributed by atoms with Gasteiger partial charge >= 0.3 is 0 Å². The van der Waals surface area contributed by atoms with Gasteiger partial charge in [-0.3, -0.25) is 4.98 Å². The zero-order chi connectivity index (χ0) is 15.0. The first kappa shape index (κ1) is 17.2. The second-order valence-electron chi connectivity index (χ2n) is 6.03. The van der Waals surface area contributed by atoms with E-state index in [1.165, 1.54) is 62.6 Å². The Hall–Kier alpha value is -0.850. The van der Waals surface area contributed by atoms with Gasteiger partial charge in [-0.15, -0.1) is 0 Å². The van der Waals surface area contributed by atoms with E-state index in [1.54, 1.807) is 11.1 Å². The predicted octanol–water partition coefficient (Wildman–Crippen LogP) is 5.98. The lowest BCUT2D eigenvalue weighted by Crippen LogP contribution is -2.10. The quantitative estimate of drug-likeness (QED) is 0.540. The predicted molar refractivity (Wildman–Crippen MR) is 89.5 cm³/mol. The van der Waals surface area contributed by atoms with Crippen molar-refractivity contribution in [2.45, 2.75) is 91.9 Å². The van der Waals surface area contributed by atoms with Crippen molar-refractivity contribution in [2.24, 2.45) is 0 Å². The summed E-state index contributed by atoms with van der Waals surface area (Å²) in [6.45, 7) is 11.4. The maximum Gasteiger partial charge on any atom is 0.0469 e. The Kier molecular flexibility index (Phi) is 7.87. The minimum Gasteiger partial charge on any atom is -0.260 e. The molecule has 0 spiro atoms. The number of pyridine rings is 1. The average molecular weight is 275 g/mol. The van der Waals surface area contributed by atoms with E-state index >= 15 is 0 Å². The summed E-state index contributed by atoms with van der Waals surface area (Å²) in [6, 6.07) is 0. The SMILES string of the molecule is CCCCc1c(C)cnc(C(CC)CCC)c1CCC. The lowest BCUT2D eigenvalue weighted by molar-refractivity contribution is 0.571. The molecule has 0 saturated carbocycles. The first-order valence-electron chi connectivity index (χ1n) is 8.66. The van der Waals surface area contributed by atoms with Gasteiger partial charge in [0.15, 0.2) is 0 Å². The Labute approximate surface area is 126 Å². The van der Waals surface area contributed by atoms with E-state index in [-0.39, 0.29) is 0 Å². The summed E-state index contributed by atoms with van der Waals surface area (Å²) in [5, 5.41) is 0. The summed E-state index contributed by atoms with van der Waals surface area (Å²) in [7, 11) is 0. The zero-order valence-corrected chi connectivity index (χ0v) is 14.3. The van der Waals surface area contributed by atoms with E-state index in [2.05, 4.69) is 40.8 Å². The van der Waals surface area contributed by atoms with Crippen LogP contribution in [0, 0.1) is 6.92 Å². The van der Waals surface area contributed by atoms with Gasteiger partial charge in [-0.2, -0.15) is 0 Å². The number of nitrogens with zero attached hydrogens (tertiary/aromatic N) is 1. The molecule has 0 radical (unpaired) electrons. The van der Waals surface area contributed by atoms with Crippen molar-refractivity contribution in [3.63, 3.8) is 0 Å². The van der Waals surface area contributed by atoms with Crippen LogP contribution in [0.15, 0.2) is 6.20 Å². The molecule has 114 valence electrons. The fraction of sp³-hybridized carbons (Fsp3) is 0.737. The van der Waals surface area contributed by atoms with E-state index in [9.17, 15) is 0 Å². The summed E-state index contributed by atoms with van der Waals surface area (Å²) in [5.41, 5.74) is 6.00. The van der Waals surface area contributed by atoms with E-state index in [1.807, 2.05) is 0 Å². The maximum atomic E-state index is 4.86. The molecule has 0 N–H and O–H groups in total. The fourth-order valence-corrected chi connectivity index (χ4v) is 3.18. The van der Waals surface area contributed by atoms with Crippen LogP contribution in [-0.2, 0) is 12.8 Å². The van der Waals surface area contributed by atoms with Gasteiger partial charge in [0.25, 0.3) is 0 Å². The molecule has 0 aliphatic rings. The first-order chi connectivity index (χ1) is 9.69. The Morgan fingerprint density at radius 1 is 0.950 bits per heavy atom. The average Bonchev–Trinajstić information content (AvgIpc) is 2.45. The molecule has 1 aromatic rings. The van der Waals surface area contributed by atoms with E-state index in [0.29, 0.717) is 5.92 Å². The monoisotopic (exact) mass is 275 g/mol. The normalized spacial score (nSPS) is 12.7. The summed E-state index contributed by atoms with van der Waals surface area (Å²) >= 11 is 0. The third-order valence-electron chi connectivity index (χ3n) is 4.34. The van der Waals surface area contributed by atoms with Gasteiger partial charge < -0.3 is 0 Å². The van der Waals surface area contributed by atoms with Crippen molar-refractivity contribution in [2.75, 3.05) is 0 Å². The van der Waals surface area contributed by atoms with Crippen molar-refractivity contribution in [1.82, 2.24) is 4.98 Å². The van der Waals surface area contributed by atoms with Crippen LogP contribution in [0.25, 0.3) is 0 Å². The highest BCUT2D eigenvalue weighted by Crippen LogP contribution is 2.30. The fourth-order valence-electron chi connectivity index (χ4n) is 3.18. The van der Waals surface area contributed by atoms with Crippen LogP contribution in [0.3, 0.4) is 0 Å². The highest BCUT2D eigenvalue weighted by atomic mass is 14.7. The van der Waals surface area contributed by atoms with Gasteiger partial charge in [-0.05, 0) is 55.7 Å². The molecule has 1 unspecified atom stereocenters. The van der Waals surface area contributed by atoms with Crippen LogP contribution in [-0.4, -0.2) is 4.98 Å². The summed E-state index contributed by atoms with van der Waals surface area (Å²) in [4.78, 5) is 4.86. The molecule has 0 amide bonds. The van der Waals surface area contributed by atoms with Crippen LogP contribution in [0.1, 0.15) is 94.5 Å². The van der Waals surface area contributed by atoms with E-state index in [0.717, 1.165) is 0 Å². The highest BCUT2D eigenvalue weighted by Gasteiger charge is 2.18. The molecular formula is C19H33N. The Bertz CT molecular complexity index is 395. The van der Waals surface area contributed by atoms with Gasteiger partial charge in [-0.25, -0.2) is 0 Å². The van der Waals surface area contributed by atoms with Crippen LogP contribution in [0.5, 0.6) is 0 Å². The second-order valence-corrected chi connectivity index (χ2v) is 6.03. The number of hydrogen-bond acceptors (Lipinski definition) is 1. The van der Waals surface area contributed by atoms with Crippen molar-refractivity contribution in [3.05, 3.63) is 28.6 Å². The Balaban J connectivity index is 3.21. The molecule has 1 nitrogen and oxygen atoms in total. The Morgan fingerprint density at radius 2 is 1.70 bits per heavy atom. The molecule has 1 atom stereocenters. The van der Waals surface area contributed by atoms with Gasteiger partial charge in [0.2, 0.25) is 0 Å². The molecule has 0 aliphatic carbocycles. The minimum atomic E-state index is 0.655. The number of aryl methyl sites for hydroxylation is 1. The van der Waals surface area contributed by atoms with E-state index < -0.39 is 0 Å². The first-order valence-corrected chi connectivity index (χ1v) is 8.66. The highest BCUT2D eigenvalue weighted by molar-refractivity contribution is 5.38. The van der Waals surface area contributed by atoms with Crippen molar-refractivity contribution in [1.29, 1.82) is 0 Å². The number of rotatable bonds is 9. The number of hydrogen-bond donors (Lipinski definition) is 0. The van der Waals surface area contributed by atoms with Gasteiger partial charge in [-0.1, -0.05) is 47.0 Å². The summed E-state index contributed by atoms with van der Waals surface area (Å²) in [5.74, 6) is 0.655. The topological polar surface area (TPSA) is 12.9 Å². The zero-order valence-electron chi connectivity index (χ0n) is 14.3. The van der Waals surface area contributed by atoms with Gasteiger partial charge in [0.1, 0.15) is 0 Å². The molecule has 20 heavy (non-hydrogen) atoms. The lowest BCUT2D eigenvalue weighted by Gasteiger charge is -2.21. The van der Waals surface area contributed by atoms with Crippen LogP contribution in [0.4, 0.5) is 0 Å². The van der Waals surface area contributed by atoms with Crippen molar-refractivity contribution >= 4 is 0 Å². The molecule has 0 fully saturated rings. The number of aromatic nitrogens is 1. The van der Waals surface area contributed by atoms with Crippen LogP contribution in [0.2, 0.25) is 0 Å². The van der Waals surface area contributed by atoms with Crippen LogP contribution < -0.4 is 0 Å². The smallest absolute Gasteiger partial charge is 0.0469 e. The molecule has 1 heterocycles. The van der Waals surface area contributed by atoms with Crippen molar-refractivity contribution in [3.8, 4) is 0 Å². The largest absolute Gasteiger partial charge is 0.260 e. The molecule has 1 rings (SSSR count).